The second-order valence-corrected chi connectivity index (χ2v) is 6.49. The summed E-state index contributed by atoms with van der Waals surface area (Å²) in [7, 11) is 4.45. The van der Waals surface area contributed by atoms with E-state index in [1.807, 2.05) is 0 Å². The summed E-state index contributed by atoms with van der Waals surface area (Å²) in [5, 5.41) is 0. The summed E-state index contributed by atoms with van der Waals surface area (Å²) in [5.74, 6) is 0.769. The van der Waals surface area contributed by atoms with Gasteiger partial charge in [0, 0.05) is 11.6 Å². The quantitative estimate of drug-likeness (QED) is 0.746. The van der Waals surface area contributed by atoms with Crippen LogP contribution in [-0.2, 0) is 0 Å². The molecule has 1 fully saturated rings. The van der Waals surface area contributed by atoms with E-state index in [1.165, 1.54) is 51.4 Å². The van der Waals surface area contributed by atoms with Crippen LogP contribution in [0.4, 0.5) is 0 Å². The zero-order valence-corrected chi connectivity index (χ0v) is 12.3. The van der Waals surface area contributed by atoms with Gasteiger partial charge in [-0.05, 0) is 45.7 Å². The fraction of sp³-hybridized carbons (Fsp3) is 1.00. The van der Waals surface area contributed by atoms with E-state index in [9.17, 15) is 0 Å². The summed E-state index contributed by atoms with van der Waals surface area (Å²) < 4.78 is 0. The molecule has 1 aliphatic carbocycles. The van der Waals surface area contributed by atoms with Crippen LogP contribution in [0.2, 0.25) is 0 Å². The zero-order valence-electron chi connectivity index (χ0n) is 12.3. The van der Waals surface area contributed by atoms with E-state index in [4.69, 9.17) is 5.73 Å². The van der Waals surface area contributed by atoms with E-state index in [1.54, 1.807) is 0 Å². The van der Waals surface area contributed by atoms with Gasteiger partial charge in [0.25, 0.3) is 0 Å². The molecule has 0 bridgehead atoms. The minimum Gasteiger partial charge on any atom is -0.326 e. The second-order valence-electron chi connectivity index (χ2n) is 6.49. The molecular formula is C15H32N2. The number of nitrogens with two attached hydrogens (primary N) is 1. The van der Waals surface area contributed by atoms with Gasteiger partial charge in [0.15, 0.2) is 0 Å². The molecule has 2 nitrogen and oxygen atoms in total. The molecule has 1 unspecified atom stereocenters. The van der Waals surface area contributed by atoms with Crippen molar-refractivity contribution in [1.82, 2.24) is 4.90 Å². The van der Waals surface area contributed by atoms with Crippen molar-refractivity contribution >= 4 is 0 Å². The molecule has 1 saturated carbocycles. The summed E-state index contributed by atoms with van der Waals surface area (Å²) in [5.41, 5.74) is 6.83. The topological polar surface area (TPSA) is 29.3 Å². The number of hydrogen-bond acceptors (Lipinski definition) is 2. The van der Waals surface area contributed by atoms with Crippen LogP contribution in [0.5, 0.6) is 0 Å². The van der Waals surface area contributed by atoms with Crippen LogP contribution in [0.25, 0.3) is 0 Å². The van der Waals surface area contributed by atoms with E-state index in [-0.39, 0.29) is 5.54 Å². The maximum atomic E-state index is 6.56. The minimum atomic E-state index is 0.269. The molecule has 1 rings (SSSR count). The molecular weight excluding hydrogens is 208 g/mol. The van der Waals surface area contributed by atoms with Crippen LogP contribution in [0, 0.1) is 5.92 Å². The van der Waals surface area contributed by atoms with Crippen LogP contribution in [0.3, 0.4) is 0 Å². The Morgan fingerprint density at radius 3 is 1.94 bits per heavy atom. The van der Waals surface area contributed by atoms with Crippen molar-refractivity contribution in [2.45, 2.75) is 76.8 Å². The average molecular weight is 240 g/mol. The lowest BCUT2D eigenvalue weighted by Crippen LogP contribution is -2.57. The van der Waals surface area contributed by atoms with Crippen molar-refractivity contribution < 1.29 is 0 Å². The molecule has 0 aromatic heterocycles. The van der Waals surface area contributed by atoms with Crippen LogP contribution in [0.15, 0.2) is 0 Å². The Bertz CT molecular complexity index is 203. The molecule has 0 aromatic carbocycles. The highest BCUT2D eigenvalue weighted by molar-refractivity contribution is 4.98. The molecule has 2 heteroatoms. The maximum Gasteiger partial charge on any atom is 0.0354 e. The first-order valence-electron chi connectivity index (χ1n) is 7.42. The van der Waals surface area contributed by atoms with Gasteiger partial charge in [-0.25, -0.2) is 0 Å². The Labute approximate surface area is 108 Å². The molecule has 2 N–H and O–H groups in total. The fourth-order valence-electron chi connectivity index (χ4n) is 3.27. The van der Waals surface area contributed by atoms with Gasteiger partial charge < -0.3 is 10.6 Å². The highest BCUT2D eigenvalue weighted by Crippen LogP contribution is 2.35. The van der Waals surface area contributed by atoms with E-state index >= 15 is 0 Å². The van der Waals surface area contributed by atoms with E-state index in [2.05, 4.69) is 32.8 Å². The number of likely N-dealkylation sites (N-methyl/N-ethyl adjacent to an activating group) is 1. The Hall–Kier alpha value is -0.0800. The molecule has 0 spiro atoms. The standard InChI is InChI=1S/C15H32N2/c1-13(2)9-10-14(16)15(17(3)4)11-7-5-6-8-12-15/h13-14H,5-12,16H2,1-4H3. The molecule has 102 valence electrons. The second kappa shape index (κ2) is 6.75. The lowest BCUT2D eigenvalue weighted by Gasteiger charge is -2.44. The van der Waals surface area contributed by atoms with Gasteiger partial charge in [-0.1, -0.05) is 39.5 Å². The third kappa shape index (κ3) is 3.96. The average Bonchev–Trinajstić information content (AvgIpc) is 2.51. The van der Waals surface area contributed by atoms with Crippen LogP contribution < -0.4 is 5.73 Å². The monoisotopic (exact) mass is 240 g/mol. The van der Waals surface area contributed by atoms with Gasteiger partial charge in [-0.15, -0.1) is 0 Å². The SMILES string of the molecule is CC(C)CCC(N)C1(N(C)C)CCCCCC1. The summed E-state index contributed by atoms with van der Waals surface area (Å²) in [4.78, 5) is 2.42. The van der Waals surface area contributed by atoms with Crippen molar-refractivity contribution in [2.75, 3.05) is 14.1 Å². The smallest absolute Gasteiger partial charge is 0.0354 e. The van der Waals surface area contributed by atoms with Gasteiger partial charge in [0.05, 0.1) is 0 Å². The summed E-state index contributed by atoms with van der Waals surface area (Å²) in [6.45, 7) is 4.59. The minimum absolute atomic E-state index is 0.269. The Morgan fingerprint density at radius 1 is 1.00 bits per heavy atom. The highest BCUT2D eigenvalue weighted by Gasteiger charge is 2.38. The maximum absolute atomic E-state index is 6.56. The lowest BCUT2D eigenvalue weighted by atomic mass is 9.79. The van der Waals surface area contributed by atoms with Crippen LogP contribution >= 0.6 is 0 Å². The molecule has 17 heavy (non-hydrogen) atoms. The number of nitrogens with zero attached hydrogens (tertiary/aromatic N) is 1. The third-order valence-electron chi connectivity index (χ3n) is 4.61. The Balaban J connectivity index is 2.67. The summed E-state index contributed by atoms with van der Waals surface area (Å²) in [6, 6.07) is 0.345. The van der Waals surface area contributed by atoms with Crippen LogP contribution in [-0.4, -0.2) is 30.6 Å². The summed E-state index contributed by atoms with van der Waals surface area (Å²) >= 11 is 0. The van der Waals surface area contributed by atoms with Crippen molar-refractivity contribution in [2.24, 2.45) is 11.7 Å². The lowest BCUT2D eigenvalue weighted by molar-refractivity contribution is 0.0908. The molecule has 0 aromatic rings. The molecule has 0 amide bonds. The molecule has 1 atom stereocenters. The first-order chi connectivity index (χ1) is 7.99. The first-order valence-corrected chi connectivity index (χ1v) is 7.42. The van der Waals surface area contributed by atoms with Crippen LogP contribution in [0.1, 0.15) is 65.2 Å². The highest BCUT2D eigenvalue weighted by atomic mass is 15.2. The predicted octanol–water partition coefficient (Wildman–Crippen LogP) is 3.40. The number of hydrogen-bond donors (Lipinski definition) is 1. The Kier molecular flexibility index (Phi) is 5.94. The number of rotatable bonds is 5. The van der Waals surface area contributed by atoms with Gasteiger partial charge in [-0.3, -0.25) is 0 Å². The normalized spacial score (nSPS) is 22.8. The largest absolute Gasteiger partial charge is 0.326 e. The van der Waals surface area contributed by atoms with Gasteiger partial charge >= 0.3 is 0 Å². The van der Waals surface area contributed by atoms with Crippen molar-refractivity contribution in [1.29, 1.82) is 0 Å². The predicted molar refractivity (Wildman–Crippen MR) is 76.2 cm³/mol. The van der Waals surface area contributed by atoms with Crippen molar-refractivity contribution in [3.8, 4) is 0 Å². The van der Waals surface area contributed by atoms with E-state index in [0.717, 1.165) is 5.92 Å². The van der Waals surface area contributed by atoms with Crippen molar-refractivity contribution in [3.05, 3.63) is 0 Å². The molecule has 0 aliphatic heterocycles. The van der Waals surface area contributed by atoms with Gasteiger partial charge in [-0.2, -0.15) is 0 Å². The molecule has 0 radical (unpaired) electrons. The first kappa shape index (κ1) is 15.0. The Morgan fingerprint density at radius 2 is 1.53 bits per heavy atom. The summed E-state index contributed by atoms with van der Waals surface area (Å²) in [6.07, 6.45) is 10.5. The van der Waals surface area contributed by atoms with E-state index in [0.29, 0.717) is 6.04 Å². The fourth-order valence-corrected chi connectivity index (χ4v) is 3.27. The molecule has 0 heterocycles. The molecule has 1 aliphatic rings. The van der Waals surface area contributed by atoms with Gasteiger partial charge in [0.1, 0.15) is 0 Å². The van der Waals surface area contributed by atoms with E-state index < -0.39 is 0 Å². The van der Waals surface area contributed by atoms with Crippen molar-refractivity contribution in [3.63, 3.8) is 0 Å². The van der Waals surface area contributed by atoms with Gasteiger partial charge in [0.2, 0.25) is 0 Å². The zero-order chi connectivity index (χ0) is 12.9. The third-order valence-corrected chi connectivity index (χ3v) is 4.61. The molecule has 0 saturated heterocycles.